The van der Waals surface area contributed by atoms with Gasteiger partial charge in [0.05, 0.1) is 23.7 Å². The van der Waals surface area contributed by atoms with E-state index in [0.29, 0.717) is 43.8 Å². The van der Waals surface area contributed by atoms with E-state index in [1.54, 1.807) is 0 Å². The first-order chi connectivity index (χ1) is 22.2. The van der Waals surface area contributed by atoms with Crippen molar-refractivity contribution in [3.63, 3.8) is 0 Å². The molecule has 1 N–H and O–H groups in total. The number of rotatable bonds is 11. The standard InChI is InChI=1S/C31H35F9N6O2.ClH/c1-4-45(15-20-7-5-19(6-8-20)12-27(47)48)26-9-18(2)25(31(38,39)40)13-22(26)17-46(28-41-43-44(3)42-28)16-21-10-23(29(32,33)34)14-24(11-21)30(35,36)37;/h9-11,13-14,19-20H,4-8,12,15-17H2,1-3H3,(H,47,48);1H/t19-,20-;. The normalized spacial score (nSPS) is 17.1. The van der Waals surface area contributed by atoms with Crippen molar-refractivity contribution in [2.45, 2.75) is 77.6 Å². The molecule has 0 atom stereocenters. The van der Waals surface area contributed by atoms with Crippen molar-refractivity contribution in [2.24, 2.45) is 18.9 Å². The molecular formula is C31H36ClF9N6O2. The highest BCUT2D eigenvalue weighted by Crippen LogP contribution is 2.40. The van der Waals surface area contributed by atoms with Gasteiger partial charge in [0.2, 0.25) is 0 Å². The summed E-state index contributed by atoms with van der Waals surface area (Å²) in [7, 11) is 1.38. The van der Waals surface area contributed by atoms with Gasteiger partial charge in [-0.05, 0) is 104 Å². The fourth-order valence-electron chi connectivity index (χ4n) is 6.17. The van der Waals surface area contributed by atoms with E-state index < -0.39 is 59.8 Å². The largest absolute Gasteiger partial charge is 0.481 e. The zero-order chi connectivity index (χ0) is 35.6. The molecule has 0 aliphatic heterocycles. The zero-order valence-electron chi connectivity index (χ0n) is 26.8. The van der Waals surface area contributed by atoms with Crippen molar-refractivity contribution in [1.82, 2.24) is 20.2 Å². The van der Waals surface area contributed by atoms with Crippen molar-refractivity contribution in [1.29, 1.82) is 0 Å². The van der Waals surface area contributed by atoms with Crippen LogP contribution in [0.2, 0.25) is 0 Å². The molecule has 1 aliphatic rings. The predicted octanol–water partition coefficient (Wildman–Crippen LogP) is 8.31. The van der Waals surface area contributed by atoms with Gasteiger partial charge >= 0.3 is 24.5 Å². The maximum atomic E-state index is 14.1. The summed E-state index contributed by atoms with van der Waals surface area (Å²) in [6, 6.07) is 3.42. The number of tetrazole rings is 1. The van der Waals surface area contributed by atoms with Crippen LogP contribution in [0.3, 0.4) is 0 Å². The summed E-state index contributed by atoms with van der Waals surface area (Å²) in [4.78, 5) is 15.2. The van der Waals surface area contributed by atoms with E-state index >= 15 is 0 Å². The highest BCUT2D eigenvalue weighted by Gasteiger charge is 2.38. The van der Waals surface area contributed by atoms with Gasteiger partial charge in [-0.3, -0.25) is 4.79 Å². The van der Waals surface area contributed by atoms with Gasteiger partial charge in [-0.1, -0.05) is 5.10 Å². The molecule has 1 aliphatic carbocycles. The Morgan fingerprint density at radius 1 is 0.857 bits per heavy atom. The first-order valence-electron chi connectivity index (χ1n) is 15.2. The topological polar surface area (TPSA) is 87.4 Å². The zero-order valence-corrected chi connectivity index (χ0v) is 27.6. The number of carbonyl (C=O) groups is 1. The monoisotopic (exact) mass is 730 g/mol. The summed E-state index contributed by atoms with van der Waals surface area (Å²) in [6.07, 6.45) is -12.1. The summed E-state index contributed by atoms with van der Waals surface area (Å²) in [5.41, 5.74) is -4.00. The van der Waals surface area contributed by atoms with Gasteiger partial charge in [-0.15, -0.1) is 17.5 Å². The fraction of sp³-hybridized carbons (Fsp3) is 0.548. The van der Waals surface area contributed by atoms with Gasteiger partial charge in [0.1, 0.15) is 0 Å². The van der Waals surface area contributed by atoms with E-state index in [2.05, 4.69) is 15.4 Å². The number of aliphatic carboxylic acids is 1. The summed E-state index contributed by atoms with van der Waals surface area (Å²) < 4.78 is 124. The number of anilines is 2. The Kier molecular flexibility index (Phi) is 12.5. The molecule has 0 spiro atoms. The maximum Gasteiger partial charge on any atom is 0.416 e. The SMILES string of the molecule is CCN(C[C@H]1CC[C@H](CC(=O)O)CC1)c1cc(C)c(C(F)(F)F)cc1CN(Cc1cc(C(F)(F)F)cc(C(F)(F)F)c1)c1nnn(C)n1.Cl. The van der Waals surface area contributed by atoms with E-state index in [0.717, 1.165) is 23.7 Å². The van der Waals surface area contributed by atoms with E-state index in [1.807, 2.05) is 11.8 Å². The molecule has 0 bridgehead atoms. The van der Waals surface area contributed by atoms with Crippen molar-refractivity contribution < 1.29 is 49.4 Å². The molecule has 0 unspecified atom stereocenters. The van der Waals surface area contributed by atoms with Crippen molar-refractivity contribution in [3.8, 4) is 0 Å². The van der Waals surface area contributed by atoms with Crippen molar-refractivity contribution in [2.75, 3.05) is 22.9 Å². The second kappa shape index (κ2) is 15.4. The van der Waals surface area contributed by atoms with Crippen molar-refractivity contribution >= 4 is 30.0 Å². The van der Waals surface area contributed by atoms with Crippen LogP contribution in [0.25, 0.3) is 0 Å². The second-order valence-electron chi connectivity index (χ2n) is 12.2. The number of hydrogen-bond donors (Lipinski definition) is 1. The second-order valence-corrected chi connectivity index (χ2v) is 12.2. The number of alkyl halides is 9. The molecule has 1 fully saturated rings. The minimum Gasteiger partial charge on any atom is -0.481 e. The number of carboxylic acids is 1. The molecule has 3 aromatic rings. The Morgan fingerprint density at radius 2 is 1.43 bits per heavy atom. The highest BCUT2D eigenvalue weighted by molar-refractivity contribution is 5.85. The molecule has 1 aromatic heterocycles. The lowest BCUT2D eigenvalue weighted by atomic mass is 9.80. The number of aromatic nitrogens is 4. The molecule has 1 heterocycles. The first kappa shape index (κ1) is 39.7. The first-order valence-corrected chi connectivity index (χ1v) is 15.2. The lowest BCUT2D eigenvalue weighted by Gasteiger charge is -2.35. The fourth-order valence-corrected chi connectivity index (χ4v) is 6.17. The molecule has 8 nitrogen and oxygen atoms in total. The van der Waals surface area contributed by atoms with Crippen LogP contribution >= 0.6 is 12.4 Å². The van der Waals surface area contributed by atoms with Gasteiger partial charge in [0.15, 0.2) is 0 Å². The molecule has 0 amide bonds. The third-order valence-corrected chi connectivity index (χ3v) is 8.52. The molecule has 0 radical (unpaired) electrons. The van der Waals surface area contributed by atoms with Crippen LogP contribution in [0, 0.1) is 18.8 Å². The summed E-state index contributed by atoms with van der Waals surface area (Å²) in [5, 5.41) is 20.8. The quantitative estimate of drug-likeness (QED) is 0.199. The minimum atomic E-state index is -5.11. The van der Waals surface area contributed by atoms with Gasteiger partial charge < -0.3 is 14.9 Å². The number of halogens is 10. The number of hydrogen-bond acceptors (Lipinski definition) is 6. The Balaban J connectivity index is 0.00000650. The van der Waals surface area contributed by atoms with E-state index in [4.69, 9.17) is 5.11 Å². The average Bonchev–Trinajstić information content (AvgIpc) is 3.41. The highest BCUT2D eigenvalue weighted by atomic mass is 35.5. The predicted molar refractivity (Wildman–Crippen MR) is 164 cm³/mol. The van der Waals surface area contributed by atoms with E-state index in [9.17, 15) is 44.3 Å². The van der Waals surface area contributed by atoms with E-state index in [1.165, 1.54) is 24.9 Å². The molecule has 0 saturated heterocycles. The lowest BCUT2D eigenvalue weighted by Crippen LogP contribution is -2.33. The Labute approximate surface area is 282 Å². The van der Waals surface area contributed by atoms with E-state index in [-0.39, 0.29) is 53.8 Å². The van der Waals surface area contributed by atoms with Crippen LogP contribution in [0.5, 0.6) is 0 Å². The number of benzene rings is 2. The van der Waals surface area contributed by atoms with Crippen LogP contribution in [-0.2, 0) is 43.5 Å². The van der Waals surface area contributed by atoms with Crippen LogP contribution in [0.4, 0.5) is 51.1 Å². The third-order valence-electron chi connectivity index (χ3n) is 8.52. The van der Waals surface area contributed by atoms with Crippen LogP contribution in [-0.4, -0.2) is 44.4 Å². The number of aryl methyl sites for hydroxylation is 2. The van der Waals surface area contributed by atoms with Crippen LogP contribution in [0.1, 0.15) is 72.4 Å². The van der Waals surface area contributed by atoms with Gasteiger partial charge in [0.25, 0.3) is 5.95 Å². The van der Waals surface area contributed by atoms with Gasteiger partial charge in [0, 0.05) is 38.3 Å². The summed E-state index contributed by atoms with van der Waals surface area (Å²) >= 11 is 0. The molecule has 18 heteroatoms. The van der Waals surface area contributed by atoms with Crippen molar-refractivity contribution in [3.05, 3.63) is 63.7 Å². The lowest BCUT2D eigenvalue weighted by molar-refractivity contribution is -0.143. The number of carboxylic acid groups (broad SMARTS) is 1. The summed E-state index contributed by atoms with van der Waals surface area (Å²) in [5.74, 6) is -0.933. The molecular weight excluding hydrogens is 695 g/mol. The van der Waals surface area contributed by atoms with Gasteiger partial charge in [-0.2, -0.15) is 44.3 Å². The van der Waals surface area contributed by atoms with Crippen LogP contribution < -0.4 is 9.80 Å². The smallest absolute Gasteiger partial charge is 0.416 e. The molecule has 1 saturated carbocycles. The average molecular weight is 731 g/mol. The van der Waals surface area contributed by atoms with Gasteiger partial charge in [-0.25, -0.2) is 0 Å². The number of nitrogens with zero attached hydrogens (tertiary/aromatic N) is 6. The Bertz CT molecular complexity index is 1550. The summed E-state index contributed by atoms with van der Waals surface area (Å²) in [6.45, 7) is 2.91. The molecule has 2 aromatic carbocycles. The molecule has 4 rings (SSSR count). The van der Waals surface area contributed by atoms with Crippen LogP contribution in [0.15, 0.2) is 30.3 Å². The minimum absolute atomic E-state index is 0. The Hall–Kier alpha value is -3.76. The molecule has 49 heavy (non-hydrogen) atoms. The maximum absolute atomic E-state index is 14.1. The Morgan fingerprint density at radius 3 is 1.90 bits per heavy atom. The molecule has 272 valence electrons. The third kappa shape index (κ3) is 10.4.